The molecular formula is C23H21F5N2O4. The number of aliphatic hydroxyl groups is 1. The standard InChI is InChI=1S/C23H21F5N2O4/c1-22(32,23(26,27)28)14-5-6-30-15(11-29-19(30)10-14)13-8-17(33-2)20(16(31)7-12-3-4-12)18(9-13)34-21(24)25/h5-6,8-12,21,32H,3-4,7H2,1-2H3. The lowest BCUT2D eigenvalue weighted by Gasteiger charge is -2.26. The van der Waals surface area contributed by atoms with E-state index in [2.05, 4.69) is 9.72 Å². The molecule has 182 valence electrons. The first-order chi connectivity index (χ1) is 15.9. The van der Waals surface area contributed by atoms with Crippen LogP contribution in [-0.2, 0) is 5.60 Å². The highest BCUT2D eigenvalue weighted by Gasteiger charge is 2.51. The van der Waals surface area contributed by atoms with Crippen molar-refractivity contribution < 1.29 is 41.3 Å². The number of carbonyl (C=O) groups is 1. The minimum atomic E-state index is -4.90. The van der Waals surface area contributed by atoms with Gasteiger partial charge < -0.3 is 14.6 Å². The number of ketones is 1. The van der Waals surface area contributed by atoms with Gasteiger partial charge in [0.1, 0.15) is 22.7 Å². The molecule has 2 heterocycles. The van der Waals surface area contributed by atoms with Crippen molar-refractivity contribution >= 4 is 11.4 Å². The van der Waals surface area contributed by atoms with Crippen LogP contribution >= 0.6 is 0 Å². The lowest BCUT2D eigenvalue weighted by molar-refractivity contribution is -0.258. The van der Waals surface area contributed by atoms with E-state index in [0.29, 0.717) is 18.2 Å². The fourth-order valence-corrected chi connectivity index (χ4v) is 3.71. The van der Waals surface area contributed by atoms with E-state index in [9.17, 15) is 31.9 Å². The lowest BCUT2D eigenvalue weighted by Crippen LogP contribution is -2.39. The number of nitrogens with zero attached hydrogens (tertiary/aromatic N) is 2. The van der Waals surface area contributed by atoms with Crippen LogP contribution < -0.4 is 9.47 Å². The summed E-state index contributed by atoms with van der Waals surface area (Å²) in [5.74, 6) is -0.496. The molecule has 1 aromatic carbocycles. The Bertz CT molecular complexity index is 1230. The number of hydrogen-bond acceptors (Lipinski definition) is 5. The van der Waals surface area contributed by atoms with Gasteiger partial charge in [-0.1, -0.05) is 0 Å². The highest BCUT2D eigenvalue weighted by atomic mass is 19.4. The fraction of sp³-hybridized carbons (Fsp3) is 0.391. The number of imidazole rings is 1. The van der Waals surface area contributed by atoms with Crippen LogP contribution in [0.3, 0.4) is 0 Å². The smallest absolute Gasteiger partial charge is 0.421 e. The molecule has 1 aliphatic carbocycles. The molecule has 0 radical (unpaired) electrons. The van der Waals surface area contributed by atoms with Gasteiger partial charge in [-0.2, -0.15) is 22.0 Å². The molecule has 0 bridgehead atoms. The van der Waals surface area contributed by atoms with Crippen molar-refractivity contribution in [2.75, 3.05) is 7.11 Å². The number of aromatic nitrogens is 2. The van der Waals surface area contributed by atoms with Gasteiger partial charge in [0.2, 0.25) is 0 Å². The van der Waals surface area contributed by atoms with Gasteiger partial charge in [-0.3, -0.25) is 9.20 Å². The molecule has 0 spiro atoms. The van der Waals surface area contributed by atoms with Crippen molar-refractivity contribution in [3.63, 3.8) is 0 Å². The summed E-state index contributed by atoms with van der Waals surface area (Å²) in [7, 11) is 1.29. The van der Waals surface area contributed by atoms with Gasteiger partial charge in [0.15, 0.2) is 11.4 Å². The van der Waals surface area contributed by atoms with Crippen molar-refractivity contribution in [1.29, 1.82) is 0 Å². The highest BCUT2D eigenvalue weighted by Crippen LogP contribution is 2.41. The van der Waals surface area contributed by atoms with Crippen LogP contribution in [0.2, 0.25) is 0 Å². The summed E-state index contributed by atoms with van der Waals surface area (Å²) in [5.41, 5.74) is -2.89. The van der Waals surface area contributed by atoms with Gasteiger partial charge in [0.25, 0.3) is 0 Å². The molecule has 1 fully saturated rings. The van der Waals surface area contributed by atoms with E-state index < -0.39 is 24.0 Å². The van der Waals surface area contributed by atoms with Crippen LogP contribution in [0.4, 0.5) is 22.0 Å². The largest absolute Gasteiger partial charge is 0.496 e. The average molecular weight is 484 g/mol. The number of fused-ring (bicyclic) bond motifs is 1. The van der Waals surface area contributed by atoms with E-state index in [1.807, 2.05) is 0 Å². The van der Waals surface area contributed by atoms with Gasteiger partial charge in [-0.15, -0.1) is 0 Å². The van der Waals surface area contributed by atoms with E-state index in [4.69, 9.17) is 4.74 Å². The van der Waals surface area contributed by atoms with E-state index in [-0.39, 0.29) is 40.8 Å². The zero-order chi connectivity index (χ0) is 24.8. The Balaban J connectivity index is 1.80. The van der Waals surface area contributed by atoms with Crippen LogP contribution in [-0.4, -0.2) is 40.2 Å². The topological polar surface area (TPSA) is 73.1 Å². The Morgan fingerprint density at radius 1 is 1.24 bits per heavy atom. The number of hydrogen-bond donors (Lipinski definition) is 1. The first-order valence-corrected chi connectivity index (χ1v) is 10.4. The van der Waals surface area contributed by atoms with E-state index >= 15 is 0 Å². The molecule has 2 aromatic heterocycles. The first-order valence-electron chi connectivity index (χ1n) is 10.4. The molecule has 0 aliphatic heterocycles. The van der Waals surface area contributed by atoms with Crippen LogP contribution in [0.15, 0.2) is 36.7 Å². The number of halogens is 5. The molecule has 0 saturated heterocycles. The summed E-state index contributed by atoms with van der Waals surface area (Å²) in [4.78, 5) is 16.9. The maximum Gasteiger partial charge on any atom is 0.421 e. The molecule has 4 rings (SSSR count). The normalized spacial score (nSPS) is 16.0. The third kappa shape index (κ3) is 4.44. The Morgan fingerprint density at radius 2 is 1.91 bits per heavy atom. The minimum absolute atomic E-state index is 0.0328. The third-order valence-electron chi connectivity index (χ3n) is 5.87. The van der Waals surface area contributed by atoms with E-state index in [1.54, 1.807) is 0 Å². The van der Waals surface area contributed by atoms with Gasteiger partial charge >= 0.3 is 12.8 Å². The second kappa shape index (κ2) is 8.53. The molecule has 6 nitrogen and oxygen atoms in total. The molecule has 34 heavy (non-hydrogen) atoms. The number of pyridine rings is 1. The lowest BCUT2D eigenvalue weighted by atomic mass is 9.96. The van der Waals surface area contributed by atoms with Crippen molar-refractivity contribution in [3.8, 4) is 22.8 Å². The maximum absolute atomic E-state index is 13.2. The van der Waals surface area contributed by atoms with Crippen molar-refractivity contribution in [3.05, 3.63) is 47.8 Å². The zero-order valence-corrected chi connectivity index (χ0v) is 18.2. The molecule has 1 N–H and O–H groups in total. The number of methoxy groups -OCH3 is 1. The Labute approximate surface area is 190 Å². The molecule has 1 atom stereocenters. The minimum Gasteiger partial charge on any atom is -0.496 e. The molecule has 1 aliphatic rings. The number of alkyl halides is 5. The van der Waals surface area contributed by atoms with Crippen molar-refractivity contribution in [1.82, 2.24) is 9.38 Å². The van der Waals surface area contributed by atoms with Crippen LogP contribution in [0, 0.1) is 5.92 Å². The average Bonchev–Trinajstić information content (AvgIpc) is 3.46. The molecule has 11 heteroatoms. The Kier molecular flexibility index (Phi) is 6.01. The number of carbonyl (C=O) groups excluding carboxylic acids is 1. The second-order valence-corrected chi connectivity index (χ2v) is 8.36. The summed E-state index contributed by atoms with van der Waals surface area (Å²) < 4.78 is 77.3. The van der Waals surface area contributed by atoms with Crippen molar-refractivity contribution in [2.45, 2.75) is 44.6 Å². The third-order valence-corrected chi connectivity index (χ3v) is 5.87. The van der Waals surface area contributed by atoms with Crippen molar-refractivity contribution in [2.24, 2.45) is 5.92 Å². The van der Waals surface area contributed by atoms with Crippen LogP contribution in [0.1, 0.15) is 42.1 Å². The maximum atomic E-state index is 13.2. The number of ether oxygens (including phenoxy) is 2. The summed E-state index contributed by atoms with van der Waals surface area (Å²) in [6.07, 6.45) is -0.330. The molecule has 1 unspecified atom stereocenters. The summed E-state index contributed by atoms with van der Waals surface area (Å²) in [6.45, 7) is -2.56. The predicted molar refractivity (Wildman–Crippen MR) is 111 cm³/mol. The van der Waals surface area contributed by atoms with E-state index in [0.717, 1.165) is 25.0 Å². The van der Waals surface area contributed by atoms with Gasteiger partial charge in [-0.25, -0.2) is 4.98 Å². The Morgan fingerprint density at radius 3 is 2.50 bits per heavy atom. The molecular weight excluding hydrogens is 463 g/mol. The quantitative estimate of drug-likeness (QED) is 0.344. The summed E-state index contributed by atoms with van der Waals surface area (Å²) >= 11 is 0. The van der Waals surface area contributed by atoms with Gasteiger partial charge in [-0.05, 0) is 55.5 Å². The van der Waals surface area contributed by atoms with Gasteiger partial charge in [0.05, 0.1) is 19.0 Å². The SMILES string of the molecule is COc1cc(-c2cnc3cc(C(C)(O)C(F)(F)F)ccn23)cc(OC(F)F)c1C(=O)CC1CC1. The predicted octanol–water partition coefficient (Wildman–Crippen LogP) is 5.36. The highest BCUT2D eigenvalue weighted by molar-refractivity contribution is 6.02. The monoisotopic (exact) mass is 484 g/mol. The zero-order valence-electron chi connectivity index (χ0n) is 18.2. The van der Waals surface area contributed by atoms with Crippen LogP contribution in [0.5, 0.6) is 11.5 Å². The van der Waals surface area contributed by atoms with E-state index in [1.165, 1.54) is 36.0 Å². The molecule has 0 amide bonds. The second-order valence-electron chi connectivity index (χ2n) is 8.36. The Hall–Kier alpha value is -3.21. The molecule has 1 saturated carbocycles. The summed E-state index contributed by atoms with van der Waals surface area (Å²) in [5, 5.41) is 9.95. The number of benzene rings is 1. The first kappa shape index (κ1) is 23.9. The van der Waals surface area contributed by atoms with Gasteiger partial charge in [0, 0.05) is 18.2 Å². The van der Waals surface area contributed by atoms with Crippen LogP contribution in [0.25, 0.3) is 16.9 Å². The number of Topliss-reactive ketones (excluding diaryl/α,β-unsaturated/α-hetero) is 1. The summed E-state index contributed by atoms with van der Waals surface area (Å²) in [6, 6.07) is 4.88. The molecule has 3 aromatic rings. The fourth-order valence-electron chi connectivity index (χ4n) is 3.71. The number of rotatable bonds is 8.